The number of halogens is 3. The van der Waals surface area contributed by atoms with E-state index in [1.54, 1.807) is 0 Å². The number of ether oxygens (including phenoxy) is 3. The highest BCUT2D eigenvalue weighted by molar-refractivity contribution is 6.23. The standard InChI is InChI=1S/C20H16F3NO7/c1-9(25)29-18(30-10(2)26)19-7-6-13(31-19)14-15(19)17(28)24(16(14)27)12-5-3-4-11(8-12)20(21,22)23/h3-8,13-15,18H,1-2H3/t13-,14-,15-,19-/m1/s1. The van der Waals surface area contributed by atoms with E-state index in [4.69, 9.17) is 14.2 Å². The highest BCUT2D eigenvalue weighted by Gasteiger charge is 2.72. The Morgan fingerprint density at radius 1 is 1.13 bits per heavy atom. The normalized spacial score (nSPS) is 29.0. The number of esters is 2. The van der Waals surface area contributed by atoms with E-state index < -0.39 is 65.3 Å². The van der Waals surface area contributed by atoms with E-state index in [1.807, 2.05) is 0 Å². The van der Waals surface area contributed by atoms with E-state index in [0.717, 1.165) is 26.0 Å². The smallest absolute Gasteiger partial charge is 0.416 e. The van der Waals surface area contributed by atoms with Crippen LogP contribution in [0.1, 0.15) is 19.4 Å². The number of hydrogen-bond donors (Lipinski definition) is 0. The number of carbonyl (C=O) groups excluding carboxylic acids is 4. The van der Waals surface area contributed by atoms with Crippen LogP contribution in [-0.4, -0.2) is 41.7 Å². The van der Waals surface area contributed by atoms with Crippen LogP contribution in [0.15, 0.2) is 36.4 Å². The molecular formula is C20H16F3NO7. The van der Waals surface area contributed by atoms with Crippen molar-refractivity contribution in [3.63, 3.8) is 0 Å². The number of carbonyl (C=O) groups is 4. The maximum Gasteiger partial charge on any atom is 0.416 e. The summed E-state index contributed by atoms with van der Waals surface area (Å²) >= 11 is 0. The molecule has 3 heterocycles. The monoisotopic (exact) mass is 439 g/mol. The van der Waals surface area contributed by atoms with Gasteiger partial charge in [-0.05, 0) is 24.3 Å². The zero-order valence-corrected chi connectivity index (χ0v) is 16.2. The van der Waals surface area contributed by atoms with Gasteiger partial charge in [0, 0.05) is 13.8 Å². The van der Waals surface area contributed by atoms with Gasteiger partial charge in [-0.3, -0.25) is 19.2 Å². The molecule has 0 aromatic heterocycles. The van der Waals surface area contributed by atoms with Gasteiger partial charge in [-0.2, -0.15) is 13.2 Å². The van der Waals surface area contributed by atoms with Crippen LogP contribution < -0.4 is 4.90 Å². The fraction of sp³-hybridized carbons (Fsp3) is 0.400. The van der Waals surface area contributed by atoms with Crippen molar-refractivity contribution >= 4 is 29.4 Å². The van der Waals surface area contributed by atoms with Crippen LogP contribution in [0.25, 0.3) is 0 Å². The van der Waals surface area contributed by atoms with Crippen molar-refractivity contribution in [2.75, 3.05) is 4.90 Å². The molecule has 1 aromatic carbocycles. The summed E-state index contributed by atoms with van der Waals surface area (Å²) in [6.07, 6.45) is -4.36. The molecule has 0 saturated carbocycles. The van der Waals surface area contributed by atoms with E-state index in [0.29, 0.717) is 11.0 Å². The molecule has 164 valence electrons. The summed E-state index contributed by atoms with van der Waals surface area (Å²) in [6, 6.07) is 3.83. The van der Waals surface area contributed by atoms with Crippen molar-refractivity contribution in [1.29, 1.82) is 0 Å². The number of fused-ring (bicyclic) bond motifs is 5. The van der Waals surface area contributed by atoms with Crippen molar-refractivity contribution in [3.8, 4) is 0 Å². The van der Waals surface area contributed by atoms with Crippen molar-refractivity contribution in [2.45, 2.75) is 38.0 Å². The van der Waals surface area contributed by atoms with E-state index in [9.17, 15) is 32.3 Å². The number of nitrogens with zero attached hydrogens (tertiary/aromatic N) is 1. The quantitative estimate of drug-likeness (QED) is 0.306. The second-order valence-electron chi connectivity index (χ2n) is 7.41. The fourth-order valence-corrected chi connectivity index (χ4v) is 4.29. The summed E-state index contributed by atoms with van der Waals surface area (Å²) in [7, 11) is 0. The minimum atomic E-state index is -4.67. The Labute approximate surface area is 173 Å². The molecule has 8 nitrogen and oxygen atoms in total. The number of hydrogen-bond acceptors (Lipinski definition) is 7. The predicted molar refractivity (Wildman–Crippen MR) is 95.0 cm³/mol. The molecule has 0 N–H and O–H groups in total. The molecule has 11 heteroatoms. The largest absolute Gasteiger partial charge is 0.422 e. The van der Waals surface area contributed by atoms with Gasteiger partial charge in [0.15, 0.2) is 5.60 Å². The van der Waals surface area contributed by atoms with Gasteiger partial charge in [-0.1, -0.05) is 12.1 Å². The fourth-order valence-electron chi connectivity index (χ4n) is 4.29. The summed E-state index contributed by atoms with van der Waals surface area (Å²) < 4.78 is 55.3. The minimum Gasteiger partial charge on any atom is -0.422 e. The summed E-state index contributed by atoms with van der Waals surface area (Å²) in [6.45, 7) is 2.12. The highest BCUT2D eigenvalue weighted by atomic mass is 19.4. The van der Waals surface area contributed by atoms with Crippen molar-refractivity contribution in [3.05, 3.63) is 42.0 Å². The van der Waals surface area contributed by atoms with Gasteiger partial charge < -0.3 is 14.2 Å². The van der Waals surface area contributed by atoms with E-state index >= 15 is 0 Å². The molecule has 4 rings (SSSR count). The molecule has 4 atom stereocenters. The third-order valence-corrected chi connectivity index (χ3v) is 5.42. The molecule has 0 aliphatic carbocycles. The molecule has 2 saturated heterocycles. The first-order chi connectivity index (χ1) is 14.5. The minimum absolute atomic E-state index is 0.245. The number of rotatable bonds is 4. The van der Waals surface area contributed by atoms with E-state index in [1.165, 1.54) is 18.2 Å². The number of anilines is 1. The van der Waals surface area contributed by atoms with Crippen LogP contribution in [0.5, 0.6) is 0 Å². The first-order valence-corrected chi connectivity index (χ1v) is 9.22. The summed E-state index contributed by atoms with van der Waals surface area (Å²) in [5.41, 5.74) is -3.03. The molecule has 1 aromatic rings. The maximum absolute atomic E-state index is 13.3. The van der Waals surface area contributed by atoms with Gasteiger partial charge in [0.2, 0.25) is 11.8 Å². The number of amides is 2. The number of alkyl halides is 3. The zero-order chi connectivity index (χ0) is 22.7. The number of benzene rings is 1. The Morgan fingerprint density at radius 2 is 1.77 bits per heavy atom. The molecule has 0 spiro atoms. The Morgan fingerprint density at radius 3 is 2.35 bits per heavy atom. The molecule has 31 heavy (non-hydrogen) atoms. The number of imide groups is 1. The summed E-state index contributed by atoms with van der Waals surface area (Å²) in [4.78, 5) is 50.1. The van der Waals surface area contributed by atoms with Gasteiger partial charge in [0.1, 0.15) is 0 Å². The lowest BCUT2D eigenvalue weighted by Gasteiger charge is -2.34. The van der Waals surface area contributed by atoms with Crippen LogP contribution >= 0.6 is 0 Å². The molecule has 0 unspecified atom stereocenters. The second kappa shape index (κ2) is 6.91. The lowest BCUT2D eigenvalue weighted by Crippen LogP contribution is -2.52. The molecule has 3 aliphatic heterocycles. The van der Waals surface area contributed by atoms with Crippen molar-refractivity contribution in [2.24, 2.45) is 11.8 Å². The van der Waals surface area contributed by atoms with Crippen LogP contribution in [0.2, 0.25) is 0 Å². The van der Waals surface area contributed by atoms with Crippen LogP contribution in [0.3, 0.4) is 0 Å². The third-order valence-electron chi connectivity index (χ3n) is 5.42. The van der Waals surface area contributed by atoms with Crippen LogP contribution in [0.4, 0.5) is 18.9 Å². The van der Waals surface area contributed by atoms with Gasteiger partial charge in [-0.15, -0.1) is 0 Å². The predicted octanol–water partition coefficient (Wildman–Crippen LogP) is 1.97. The Hall–Kier alpha value is -3.21. The van der Waals surface area contributed by atoms with Crippen LogP contribution in [0, 0.1) is 11.8 Å². The van der Waals surface area contributed by atoms with E-state index in [-0.39, 0.29) is 5.69 Å². The van der Waals surface area contributed by atoms with Gasteiger partial charge in [-0.25, -0.2) is 4.90 Å². The average Bonchev–Trinajstić information content (AvgIpc) is 3.31. The Bertz CT molecular complexity index is 1000. The third kappa shape index (κ3) is 3.19. The maximum atomic E-state index is 13.3. The van der Waals surface area contributed by atoms with Gasteiger partial charge in [0.05, 0.1) is 29.2 Å². The van der Waals surface area contributed by atoms with Crippen molar-refractivity contribution in [1.82, 2.24) is 0 Å². The lowest BCUT2D eigenvalue weighted by atomic mass is 9.76. The van der Waals surface area contributed by atoms with Gasteiger partial charge in [0.25, 0.3) is 6.29 Å². The molecule has 2 bridgehead atoms. The summed E-state index contributed by atoms with van der Waals surface area (Å²) in [5, 5.41) is 0. The Kier molecular flexibility index (Phi) is 4.69. The van der Waals surface area contributed by atoms with E-state index in [2.05, 4.69) is 0 Å². The molecule has 2 amide bonds. The SMILES string of the molecule is CC(=O)OC(OC(C)=O)[C@]12C=C[C@@H](O1)[C@H]1C(=O)N(c3cccc(C(F)(F)F)c3)C(=O)[C@@H]12. The average molecular weight is 439 g/mol. The Balaban J connectivity index is 1.74. The first kappa shape index (κ1) is 21.0. The molecular weight excluding hydrogens is 423 g/mol. The second-order valence-corrected chi connectivity index (χ2v) is 7.41. The highest BCUT2D eigenvalue weighted by Crippen LogP contribution is 2.54. The first-order valence-electron chi connectivity index (χ1n) is 9.22. The topological polar surface area (TPSA) is 99.2 Å². The molecule has 3 aliphatic rings. The summed E-state index contributed by atoms with van der Waals surface area (Å²) in [5.74, 6) is -5.57. The van der Waals surface area contributed by atoms with Crippen molar-refractivity contribution < 1.29 is 46.6 Å². The molecule has 2 fully saturated rings. The van der Waals surface area contributed by atoms with Gasteiger partial charge >= 0.3 is 18.1 Å². The lowest BCUT2D eigenvalue weighted by molar-refractivity contribution is -0.226. The molecule has 0 radical (unpaired) electrons. The zero-order valence-electron chi connectivity index (χ0n) is 16.2. The van der Waals surface area contributed by atoms with Crippen LogP contribution in [-0.2, 0) is 39.6 Å².